The summed E-state index contributed by atoms with van der Waals surface area (Å²) in [5, 5.41) is 10.9. The summed E-state index contributed by atoms with van der Waals surface area (Å²) < 4.78 is 0.783. The molecule has 102 valence electrons. The van der Waals surface area contributed by atoms with Gasteiger partial charge in [0.25, 0.3) is 0 Å². The lowest BCUT2D eigenvalue weighted by Crippen LogP contribution is -2.25. The highest BCUT2D eigenvalue weighted by Crippen LogP contribution is 2.19. The van der Waals surface area contributed by atoms with Gasteiger partial charge in [-0.15, -0.1) is 0 Å². The van der Waals surface area contributed by atoms with Gasteiger partial charge >= 0.3 is 16.9 Å². The normalized spacial score (nSPS) is 10.8. The zero-order valence-corrected chi connectivity index (χ0v) is 11.5. The third kappa shape index (κ3) is 2.91. The summed E-state index contributed by atoms with van der Waals surface area (Å²) in [6, 6.07) is 7.19. The fourth-order valence-corrected chi connectivity index (χ4v) is 2.00. The zero-order valence-electron chi connectivity index (χ0n) is 9.92. The molecule has 0 unspecified atom stereocenters. The van der Waals surface area contributed by atoms with Gasteiger partial charge in [-0.2, -0.15) is 0 Å². The van der Waals surface area contributed by atoms with Gasteiger partial charge in [-0.25, -0.2) is 4.79 Å². The SMILES string of the molecule is O=c1[nH]c(C=Cc2ccccc2Br)c([N+](=O)[O-])c(=O)[nH]1. The monoisotopic (exact) mass is 337 g/mol. The Kier molecular flexibility index (Phi) is 3.94. The summed E-state index contributed by atoms with van der Waals surface area (Å²) in [7, 11) is 0. The summed E-state index contributed by atoms with van der Waals surface area (Å²) >= 11 is 3.32. The zero-order chi connectivity index (χ0) is 14.7. The van der Waals surface area contributed by atoms with Crippen LogP contribution in [0.1, 0.15) is 11.3 Å². The third-order valence-corrected chi connectivity index (χ3v) is 3.18. The maximum atomic E-state index is 11.4. The minimum absolute atomic E-state index is 0.153. The Bertz CT molecular complexity index is 807. The molecule has 0 aliphatic carbocycles. The third-order valence-electron chi connectivity index (χ3n) is 2.46. The average Bonchev–Trinajstić information content (AvgIpc) is 2.36. The summed E-state index contributed by atoms with van der Waals surface area (Å²) in [6.07, 6.45) is 2.87. The second-order valence-electron chi connectivity index (χ2n) is 3.78. The van der Waals surface area contributed by atoms with Crippen molar-refractivity contribution in [3.8, 4) is 0 Å². The van der Waals surface area contributed by atoms with Crippen LogP contribution in [-0.2, 0) is 0 Å². The molecule has 0 saturated carbocycles. The van der Waals surface area contributed by atoms with Crippen LogP contribution >= 0.6 is 15.9 Å². The van der Waals surface area contributed by atoms with Crippen molar-refractivity contribution in [1.29, 1.82) is 0 Å². The predicted molar refractivity (Wildman–Crippen MR) is 77.4 cm³/mol. The Morgan fingerprint density at radius 1 is 1.15 bits per heavy atom. The summed E-state index contributed by atoms with van der Waals surface area (Å²) in [5.74, 6) is 0. The molecule has 2 aromatic rings. The van der Waals surface area contributed by atoms with Gasteiger partial charge in [0.2, 0.25) is 0 Å². The van der Waals surface area contributed by atoms with Crippen molar-refractivity contribution < 1.29 is 4.92 Å². The predicted octanol–water partition coefficient (Wildman–Crippen LogP) is 1.90. The number of aromatic nitrogens is 2. The summed E-state index contributed by atoms with van der Waals surface area (Å²) in [4.78, 5) is 36.7. The number of H-pyrrole nitrogens is 2. The van der Waals surface area contributed by atoms with Gasteiger partial charge < -0.3 is 4.98 Å². The van der Waals surface area contributed by atoms with Crippen molar-refractivity contribution in [2.24, 2.45) is 0 Å². The molecule has 1 aromatic heterocycles. The minimum atomic E-state index is -1.04. The topological polar surface area (TPSA) is 109 Å². The number of nitrogens with one attached hydrogen (secondary N) is 2. The molecule has 1 heterocycles. The van der Waals surface area contributed by atoms with E-state index in [9.17, 15) is 19.7 Å². The molecule has 1 aromatic carbocycles. The van der Waals surface area contributed by atoms with Crippen LogP contribution < -0.4 is 11.2 Å². The van der Waals surface area contributed by atoms with Crippen molar-refractivity contribution in [1.82, 2.24) is 9.97 Å². The number of rotatable bonds is 3. The van der Waals surface area contributed by atoms with Crippen LogP contribution in [0.3, 0.4) is 0 Å². The molecule has 2 rings (SSSR count). The van der Waals surface area contributed by atoms with Gasteiger partial charge in [-0.1, -0.05) is 40.2 Å². The fourth-order valence-electron chi connectivity index (χ4n) is 1.58. The minimum Gasteiger partial charge on any atom is -0.301 e. The average molecular weight is 338 g/mol. The molecule has 0 bridgehead atoms. The van der Waals surface area contributed by atoms with Crippen LogP contribution in [0.4, 0.5) is 5.69 Å². The highest BCUT2D eigenvalue weighted by Gasteiger charge is 2.18. The van der Waals surface area contributed by atoms with E-state index in [0.29, 0.717) is 0 Å². The Morgan fingerprint density at radius 3 is 2.50 bits per heavy atom. The molecule has 0 aliphatic heterocycles. The Hall–Kier alpha value is -2.48. The molecular formula is C12H8BrN3O4. The first-order valence-electron chi connectivity index (χ1n) is 5.42. The molecule has 0 spiro atoms. The summed E-state index contributed by atoms with van der Waals surface area (Å²) in [5.41, 5.74) is -1.94. The number of benzene rings is 1. The lowest BCUT2D eigenvalue weighted by Gasteiger charge is -1.98. The van der Waals surface area contributed by atoms with E-state index in [1.807, 2.05) is 11.1 Å². The Morgan fingerprint density at radius 2 is 1.85 bits per heavy atom. The number of nitrogens with zero attached hydrogens (tertiary/aromatic N) is 1. The van der Waals surface area contributed by atoms with Crippen molar-refractivity contribution >= 4 is 33.8 Å². The van der Waals surface area contributed by atoms with E-state index in [4.69, 9.17) is 0 Å². The number of nitro groups is 1. The standard InChI is InChI=1S/C12H8BrN3O4/c13-8-4-2-1-3-7(8)5-6-9-10(16(19)20)11(17)15-12(18)14-9/h1-6H,(H2,14,15,17,18). The lowest BCUT2D eigenvalue weighted by molar-refractivity contribution is -0.386. The van der Waals surface area contributed by atoms with Gasteiger partial charge in [0.05, 0.1) is 4.92 Å². The number of hydrogen-bond donors (Lipinski definition) is 2. The quantitative estimate of drug-likeness (QED) is 0.658. The number of halogens is 1. The molecular weight excluding hydrogens is 330 g/mol. The van der Waals surface area contributed by atoms with E-state index in [-0.39, 0.29) is 5.69 Å². The van der Waals surface area contributed by atoms with E-state index in [2.05, 4.69) is 20.9 Å². The van der Waals surface area contributed by atoms with E-state index >= 15 is 0 Å². The molecule has 0 aliphatic rings. The molecule has 2 N–H and O–H groups in total. The molecule has 0 atom stereocenters. The summed E-state index contributed by atoms with van der Waals surface area (Å²) in [6.45, 7) is 0. The molecule has 7 nitrogen and oxygen atoms in total. The Balaban J connectivity index is 2.54. The van der Waals surface area contributed by atoms with Gasteiger partial charge in [0.1, 0.15) is 5.69 Å². The van der Waals surface area contributed by atoms with Crippen LogP contribution in [0.25, 0.3) is 12.2 Å². The first-order valence-corrected chi connectivity index (χ1v) is 6.22. The maximum Gasteiger partial charge on any atom is 0.357 e. The van der Waals surface area contributed by atoms with Crippen LogP contribution in [0.15, 0.2) is 38.3 Å². The van der Waals surface area contributed by atoms with Gasteiger partial charge in [0, 0.05) is 4.47 Å². The van der Waals surface area contributed by atoms with Crippen molar-refractivity contribution in [3.05, 3.63) is 70.9 Å². The van der Waals surface area contributed by atoms with Crippen LogP contribution in [0.5, 0.6) is 0 Å². The van der Waals surface area contributed by atoms with E-state index in [1.165, 1.54) is 6.08 Å². The molecule has 8 heteroatoms. The van der Waals surface area contributed by atoms with E-state index < -0.39 is 21.9 Å². The first kappa shape index (κ1) is 13.9. The molecule has 20 heavy (non-hydrogen) atoms. The first-order chi connectivity index (χ1) is 9.49. The van der Waals surface area contributed by atoms with Gasteiger partial charge in [-0.05, 0) is 17.7 Å². The van der Waals surface area contributed by atoms with Crippen molar-refractivity contribution in [2.75, 3.05) is 0 Å². The molecule has 0 amide bonds. The second-order valence-corrected chi connectivity index (χ2v) is 4.64. The van der Waals surface area contributed by atoms with Crippen LogP contribution in [0, 0.1) is 10.1 Å². The fraction of sp³-hybridized carbons (Fsp3) is 0. The Labute approximate surface area is 120 Å². The smallest absolute Gasteiger partial charge is 0.301 e. The number of aromatic amines is 2. The van der Waals surface area contributed by atoms with Crippen molar-refractivity contribution in [2.45, 2.75) is 0 Å². The van der Waals surface area contributed by atoms with Crippen LogP contribution in [0.2, 0.25) is 0 Å². The van der Waals surface area contributed by atoms with Crippen LogP contribution in [-0.4, -0.2) is 14.9 Å². The molecule has 0 fully saturated rings. The number of hydrogen-bond acceptors (Lipinski definition) is 4. The van der Waals surface area contributed by atoms with Gasteiger partial charge in [-0.3, -0.25) is 19.9 Å². The van der Waals surface area contributed by atoms with Gasteiger partial charge in [0.15, 0.2) is 0 Å². The van der Waals surface area contributed by atoms with E-state index in [1.54, 1.807) is 24.3 Å². The highest BCUT2D eigenvalue weighted by atomic mass is 79.9. The maximum absolute atomic E-state index is 11.4. The highest BCUT2D eigenvalue weighted by molar-refractivity contribution is 9.10. The largest absolute Gasteiger partial charge is 0.357 e. The lowest BCUT2D eigenvalue weighted by atomic mass is 10.2. The molecule has 0 saturated heterocycles. The van der Waals surface area contributed by atoms with E-state index in [0.717, 1.165) is 10.0 Å². The van der Waals surface area contributed by atoms with Crippen molar-refractivity contribution in [3.63, 3.8) is 0 Å². The molecule has 0 radical (unpaired) electrons. The second kappa shape index (κ2) is 5.66.